The topological polar surface area (TPSA) is 119 Å². The average molecular weight is 551 g/mol. The van der Waals surface area contributed by atoms with Crippen LogP contribution in [-0.2, 0) is 4.74 Å². The van der Waals surface area contributed by atoms with Crippen molar-refractivity contribution in [1.82, 2.24) is 29.6 Å². The third kappa shape index (κ3) is 5.78. The van der Waals surface area contributed by atoms with E-state index in [0.717, 1.165) is 12.1 Å². The summed E-state index contributed by atoms with van der Waals surface area (Å²) in [6.07, 6.45) is 3.31. The van der Waals surface area contributed by atoms with Crippen LogP contribution in [0.2, 0.25) is 0 Å². The summed E-state index contributed by atoms with van der Waals surface area (Å²) in [5, 5.41) is 8.49. The van der Waals surface area contributed by atoms with Gasteiger partial charge in [0.25, 0.3) is 11.4 Å². The number of piperidine rings is 1. The fourth-order valence-corrected chi connectivity index (χ4v) is 5.33. The summed E-state index contributed by atoms with van der Waals surface area (Å²) in [5.74, 6) is -0.273. The van der Waals surface area contributed by atoms with Crippen LogP contribution in [0.5, 0.6) is 0 Å². The molecule has 0 radical (unpaired) electrons. The van der Waals surface area contributed by atoms with Gasteiger partial charge >= 0.3 is 6.09 Å². The Kier molecular flexibility index (Phi) is 7.01. The minimum atomic E-state index is -0.592. The number of hydrogen-bond donors (Lipinski definition) is 1. The molecule has 1 fully saturated rings. The molecule has 1 aromatic carbocycles. The monoisotopic (exact) mass is 550 g/mol. The first-order valence-electron chi connectivity index (χ1n) is 13.5. The van der Waals surface area contributed by atoms with E-state index >= 15 is 0 Å². The summed E-state index contributed by atoms with van der Waals surface area (Å²) in [7, 11) is 0. The Morgan fingerprint density at radius 1 is 1.18 bits per heavy atom. The molecule has 0 unspecified atom stereocenters. The summed E-state index contributed by atoms with van der Waals surface area (Å²) in [6.45, 7) is 12.5. The zero-order chi connectivity index (χ0) is 28.8. The van der Waals surface area contributed by atoms with Crippen molar-refractivity contribution in [2.75, 3.05) is 6.54 Å². The van der Waals surface area contributed by atoms with E-state index in [2.05, 4.69) is 41.0 Å². The van der Waals surface area contributed by atoms with E-state index in [4.69, 9.17) is 9.26 Å². The number of H-pyrrole nitrogens is 1. The van der Waals surface area contributed by atoms with Crippen molar-refractivity contribution >= 4 is 11.7 Å². The molecule has 212 valence electrons. The molecule has 0 aliphatic carbocycles. The Morgan fingerprint density at radius 2 is 1.93 bits per heavy atom. The molecule has 4 heterocycles. The Bertz CT molecular complexity index is 1590. The minimum absolute atomic E-state index is 0.0247. The van der Waals surface area contributed by atoms with E-state index in [9.17, 15) is 14.0 Å². The predicted molar refractivity (Wildman–Crippen MR) is 147 cm³/mol. The van der Waals surface area contributed by atoms with Gasteiger partial charge in [0, 0.05) is 24.6 Å². The quantitative estimate of drug-likeness (QED) is 0.341. The number of likely N-dealkylation sites (tertiary alicyclic amines) is 1. The van der Waals surface area contributed by atoms with Crippen molar-refractivity contribution in [1.29, 1.82) is 0 Å². The fourth-order valence-electron chi connectivity index (χ4n) is 5.33. The van der Waals surface area contributed by atoms with Crippen LogP contribution in [0.25, 0.3) is 28.5 Å². The molecule has 3 aromatic heterocycles. The lowest BCUT2D eigenvalue weighted by atomic mass is 9.80. The highest BCUT2D eigenvalue weighted by molar-refractivity contribution is 5.72. The zero-order valence-electron chi connectivity index (χ0n) is 23.7. The zero-order valence-corrected chi connectivity index (χ0v) is 23.7. The normalized spacial score (nSPS) is 18.3. The van der Waals surface area contributed by atoms with Gasteiger partial charge in [0.15, 0.2) is 0 Å². The highest BCUT2D eigenvalue weighted by Gasteiger charge is 2.37. The van der Waals surface area contributed by atoms with Crippen molar-refractivity contribution in [2.45, 2.75) is 78.4 Å². The number of rotatable bonds is 4. The van der Waals surface area contributed by atoms with Gasteiger partial charge in [-0.25, -0.2) is 13.7 Å². The van der Waals surface area contributed by atoms with Gasteiger partial charge in [-0.15, -0.1) is 0 Å². The molecule has 2 atom stereocenters. The van der Waals surface area contributed by atoms with E-state index < -0.39 is 11.4 Å². The van der Waals surface area contributed by atoms with Gasteiger partial charge in [-0.1, -0.05) is 38.1 Å². The third-order valence-electron chi connectivity index (χ3n) is 6.92. The minimum Gasteiger partial charge on any atom is -0.444 e. The standard InChI is InChI=1S/C29H35FN6O4/c1-28(2,3)15-18-13-17(11-12-35(18)27(38)39-29(4,5)6)22-14-23(37)32-25-20(16-31-36(22)25)26-33-24(34-40-26)19-9-7-8-10-21(19)30/h7-10,14,16-18H,11-13,15H2,1-6H3,(H,32,37)/t17-,18+/m1/s1. The van der Waals surface area contributed by atoms with E-state index in [0.29, 0.717) is 30.6 Å². The van der Waals surface area contributed by atoms with Gasteiger partial charge in [0.05, 0.1) is 17.5 Å². The maximum absolute atomic E-state index is 14.3. The van der Waals surface area contributed by atoms with Gasteiger partial charge < -0.3 is 19.1 Å². The molecule has 0 bridgehead atoms. The largest absolute Gasteiger partial charge is 0.444 e. The first-order chi connectivity index (χ1) is 18.8. The Hall–Kier alpha value is -4.02. The van der Waals surface area contributed by atoms with Crippen LogP contribution in [0.4, 0.5) is 9.18 Å². The fraction of sp³-hybridized carbons (Fsp3) is 0.483. The molecular formula is C29H35FN6O4. The number of ether oxygens (including phenoxy) is 1. The lowest BCUT2D eigenvalue weighted by molar-refractivity contribution is 0.00259. The molecule has 1 aliphatic rings. The smallest absolute Gasteiger partial charge is 0.410 e. The Morgan fingerprint density at radius 3 is 2.62 bits per heavy atom. The van der Waals surface area contributed by atoms with Gasteiger partial charge in [0.1, 0.15) is 22.6 Å². The molecule has 1 amide bonds. The number of carbonyl (C=O) groups is 1. The number of aromatic amines is 1. The number of carbonyl (C=O) groups excluding carboxylic acids is 1. The van der Waals surface area contributed by atoms with Crippen LogP contribution in [0.15, 0.2) is 45.8 Å². The maximum Gasteiger partial charge on any atom is 0.410 e. The second-order valence-corrected chi connectivity index (χ2v) is 12.6. The highest BCUT2D eigenvalue weighted by Crippen LogP contribution is 2.37. The van der Waals surface area contributed by atoms with E-state index in [1.165, 1.54) is 6.07 Å². The van der Waals surface area contributed by atoms with Crippen molar-refractivity contribution < 1.29 is 18.4 Å². The number of fused-ring (bicyclic) bond motifs is 1. The van der Waals surface area contributed by atoms with Crippen LogP contribution < -0.4 is 5.56 Å². The molecule has 1 saturated heterocycles. The molecule has 1 aliphatic heterocycles. The molecule has 4 aromatic rings. The summed E-state index contributed by atoms with van der Waals surface area (Å²) >= 11 is 0. The molecule has 5 rings (SSSR count). The summed E-state index contributed by atoms with van der Waals surface area (Å²) in [4.78, 5) is 35.0. The number of amides is 1. The van der Waals surface area contributed by atoms with Crippen molar-refractivity contribution in [3.05, 3.63) is 58.4 Å². The third-order valence-corrected chi connectivity index (χ3v) is 6.92. The number of nitrogens with one attached hydrogen (secondary N) is 1. The van der Waals surface area contributed by atoms with E-state index in [1.54, 1.807) is 35.0 Å². The SMILES string of the molecule is CC(C)(C)C[C@@H]1C[C@H](c2cc(=O)[nH]c3c(-c4nc(-c5ccccc5F)no4)cnn23)CCN1C(=O)OC(C)(C)C. The first kappa shape index (κ1) is 27.5. The van der Waals surface area contributed by atoms with E-state index in [-0.39, 0.29) is 46.3 Å². The Balaban J connectivity index is 1.48. The molecule has 1 N–H and O–H groups in total. The van der Waals surface area contributed by atoms with Crippen LogP contribution in [-0.4, -0.2) is 53.9 Å². The molecule has 0 spiro atoms. The summed E-state index contributed by atoms with van der Waals surface area (Å²) in [5.41, 5.74) is 0.889. The second-order valence-electron chi connectivity index (χ2n) is 12.6. The average Bonchev–Trinajstić information content (AvgIpc) is 3.49. The number of aromatic nitrogens is 5. The van der Waals surface area contributed by atoms with Crippen molar-refractivity contribution in [3.8, 4) is 22.8 Å². The predicted octanol–water partition coefficient (Wildman–Crippen LogP) is 5.80. The van der Waals surface area contributed by atoms with Crippen molar-refractivity contribution in [2.24, 2.45) is 5.41 Å². The molecule has 11 heteroatoms. The van der Waals surface area contributed by atoms with Crippen LogP contribution >= 0.6 is 0 Å². The molecular weight excluding hydrogens is 515 g/mol. The van der Waals surface area contributed by atoms with Gasteiger partial charge in [0.2, 0.25) is 5.82 Å². The number of nitrogens with zero attached hydrogens (tertiary/aromatic N) is 5. The number of halogens is 1. The second kappa shape index (κ2) is 10.2. The first-order valence-corrected chi connectivity index (χ1v) is 13.5. The molecule has 0 saturated carbocycles. The van der Waals surface area contributed by atoms with Crippen LogP contribution in [0, 0.1) is 11.2 Å². The number of benzene rings is 1. The van der Waals surface area contributed by atoms with Crippen LogP contribution in [0.3, 0.4) is 0 Å². The van der Waals surface area contributed by atoms with Gasteiger partial charge in [-0.2, -0.15) is 10.1 Å². The van der Waals surface area contributed by atoms with Crippen molar-refractivity contribution in [3.63, 3.8) is 0 Å². The van der Waals surface area contributed by atoms with Crippen LogP contribution in [0.1, 0.15) is 72.4 Å². The molecule has 10 nitrogen and oxygen atoms in total. The molecule has 40 heavy (non-hydrogen) atoms. The highest BCUT2D eigenvalue weighted by atomic mass is 19.1. The summed E-state index contributed by atoms with van der Waals surface area (Å²) < 4.78 is 27.1. The van der Waals surface area contributed by atoms with Gasteiger partial charge in [-0.3, -0.25) is 4.79 Å². The maximum atomic E-state index is 14.3. The van der Waals surface area contributed by atoms with Gasteiger partial charge in [-0.05, 0) is 57.6 Å². The summed E-state index contributed by atoms with van der Waals surface area (Å²) in [6, 6.07) is 7.65. The number of hydrogen-bond acceptors (Lipinski definition) is 7. The van der Waals surface area contributed by atoms with E-state index in [1.807, 2.05) is 25.7 Å². The lowest BCUT2D eigenvalue weighted by Gasteiger charge is -2.42. The lowest BCUT2D eigenvalue weighted by Crippen LogP contribution is -2.49. The Labute approximate surface area is 231 Å².